The molecule has 3 aliphatic heterocycles. The van der Waals surface area contributed by atoms with E-state index >= 15 is 0 Å². The third-order valence-corrected chi connectivity index (χ3v) is 19.7. The van der Waals surface area contributed by atoms with E-state index in [4.69, 9.17) is 16.6 Å². The second-order valence-corrected chi connectivity index (χ2v) is 25.8. The van der Waals surface area contributed by atoms with Crippen molar-refractivity contribution in [1.82, 2.24) is 51.5 Å². The summed E-state index contributed by atoms with van der Waals surface area (Å²) >= 11 is 6.19. The summed E-state index contributed by atoms with van der Waals surface area (Å²) in [4.78, 5) is 15.0. The summed E-state index contributed by atoms with van der Waals surface area (Å²) in [5, 5.41) is 23.7. The summed E-state index contributed by atoms with van der Waals surface area (Å²) < 4.78 is 40.9. The maximum atomic E-state index is 13.6. The predicted octanol–water partition coefficient (Wildman–Crippen LogP) is 12.1. The number of alkyl halides is 3. The highest BCUT2D eigenvalue weighted by molar-refractivity contribution is 6.31. The molecule has 10 atom stereocenters. The minimum atomic E-state index is -4.51. The summed E-state index contributed by atoms with van der Waals surface area (Å²) in [5.74, 6) is 1.90. The molecule has 0 bridgehead atoms. The molecule has 11 nitrogen and oxygen atoms in total. The minimum Gasteiger partial charge on any atom is -0.390 e. The fourth-order valence-corrected chi connectivity index (χ4v) is 13.9. The van der Waals surface area contributed by atoms with E-state index in [9.17, 15) is 13.2 Å². The Hall–Kier alpha value is -3.89. The van der Waals surface area contributed by atoms with Crippen molar-refractivity contribution < 1.29 is 13.2 Å². The first-order chi connectivity index (χ1) is 38.7. The number of aliphatic imine (C=N–C) groups is 1. The van der Waals surface area contributed by atoms with E-state index < -0.39 is 11.7 Å². The zero-order valence-corrected chi connectivity index (χ0v) is 52.2. The van der Waals surface area contributed by atoms with Crippen LogP contribution in [0, 0.1) is 17.8 Å². The maximum Gasteiger partial charge on any atom is 0.417 e. The Morgan fingerprint density at radius 2 is 1.53 bits per heavy atom. The molecule has 81 heavy (non-hydrogen) atoms. The van der Waals surface area contributed by atoms with E-state index in [0.717, 1.165) is 99.6 Å². The van der Waals surface area contributed by atoms with Crippen LogP contribution in [0.3, 0.4) is 0 Å². The maximum absolute atomic E-state index is 13.6. The van der Waals surface area contributed by atoms with E-state index in [0.29, 0.717) is 67.0 Å². The highest BCUT2D eigenvalue weighted by Crippen LogP contribution is 2.40. The number of halogens is 4. The summed E-state index contributed by atoms with van der Waals surface area (Å²) in [6, 6.07) is 17.6. The first-order valence-electron chi connectivity index (χ1n) is 31.4. The Kier molecular flexibility index (Phi) is 24.6. The lowest BCUT2D eigenvalue weighted by Crippen LogP contribution is -2.70. The lowest BCUT2D eigenvalue weighted by molar-refractivity contribution is -0.137. The number of aryl methyl sites for hydroxylation is 1. The normalized spacial score (nSPS) is 29.6. The Morgan fingerprint density at radius 1 is 0.815 bits per heavy atom. The van der Waals surface area contributed by atoms with Gasteiger partial charge in [-0.25, -0.2) is 0 Å². The van der Waals surface area contributed by atoms with Gasteiger partial charge in [-0.1, -0.05) is 101 Å². The van der Waals surface area contributed by atoms with Gasteiger partial charge in [-0.2, -0.15) is 13.2 Å². The van der Waals surface area contributed by atoms with Gasteiger partial charge in [0.1, 0.15) is 0 Å². The van der Waals surface area contributed by atoms with Gasteiger partial charge in [0.2, 0.25) is 0 Å². The Labute approximate surface area is 492 Å². The van der Waals surface area contributed by atoms with E-state index in [1.54, 1.807) is 0 Å². The molecule has 4 fully saturated rings. The standard InChI is InChI=1S/C66H105ClF3N11/c1-12-46(2)62-40-73-49(5)50(6)74-41-63-47(3)42-81(63)64(56-23-16-17-24-56)52(8)77-65(31-18-19-32-65)45-72-35-34-71-33-30-57(28-26-55-27-29-60(61(67)38-55)66(68,69)70)75-39-48(4)78(10)44-59(37-54-21-14-13-15-22-54)79(11)43-58-25-20-36-80(58)53(9)51(7)76-62/h13-15,21-22,27,29-30,33,38-39,43-44,46-47,49-53,56,62-64,71-74,76-77H,12,16-20,23-26,28,31-32,34-37,40-42,45H2,1-11H3/t46-,47+,49-,50?,51?,52?,53-,62+,63?,64+/m0/s1. The number of nitrogens with one attached hydrogen (secondary N) is 6. The van der Waals surface area contributed by atoms with Crippen LogP contribution in [0.5, 0.6) is 0 Å². The third-order valence-electron chi connectivity index (χ3n) is 19.4. The summed E-state index contributed by atoms with van der Waals surface area (Å²) in [7, 11) is 4.24. The zero-order valence-electron chi connectivity index (χ0n) is 51.5. The molecule has 15 heteroatoms. The molecule has 452 valence electrons. The molecule has 7 rings (SSSR count). The van der Waals surface area contributed by atoms with Crippen molar-refractivity contribution in [2.45, 2.75) is 212 Å². The predicted molar refractivity (Wildman–Crippen MR) is 333 cm³/mol. The van der Waals surface area contributed by atoms with Crippen LogP contribution in [-0.2, 0) is 19.0 Å². The molecule has 4 unspecified atom stereocenters. The number of hydrogen-bond donors (Lipinski definition) is 6. The van der Waals surface area contributed by atoms with Crippen LogP contribution in [0.25, 0.3) is 0 Å². The molecular weight excluding hydrogens is 1040 g/mol. The number of allylic oxidation sites excluding steroid dienone is 4. The molecule has 0 radical (unpaired) electrons. The largest absolute Gasteiger partial charge is 0.417 e. The van der Waals surface area contributed by atoms with E-state index in [1.165, 1.54) is 81.3 Å². The van der Waals surface area contributed by atoms with Gasteiger partial charge in [0.25, 0.3) is 0 Å². The number of fused-ring (bicyclic) bond motifs is 2. The number of benzene rings is 2. The number of nitrogens with zero attached hydrogens (tertiary/aromatic N) is 5. The van der Waals surface area contributed by atoms with Crippen molar-refractivity contribution in [1.29, 1.82) is 0 Å². The van der Waals surface area contributed by atoms with Gasteiger partial charge in [0.05, 0.1) is 10.6 Å². The quantitative estimate of drug-likeness (QED) is 0.153. The average Bonchev–Trinajstić information content (AvgIpc) is 4.40. The van der Waals surface area contributed by atoms with E-state index in [-0.39, 0.29) is 16.6 Å². The fraction of sp³-hybridized carbons (Fsp3) is 0.682. The van der Waals surface area contributed by atoms with Gasteiger partial charge in [-0.3, -0.25) is 9.89 Å². The van der Waals surface area contributed by atoms with Crippen molar-refractivity contribution in [2.24, 2.45) is 22.7 Å². The van der Waals surface area contributed by atoms with Crippen molar-refractivity contribution in [3.63, 3.8) is 0 Å². The van der Waals surface area contributed by atoms with Crippen LogP contribution >= 0.6 is 11.6 Å². The molecule has 2 aromatic carbocycles. The molecule has 0 amide bonds. The van der Waals surface area contributed by atoms with Gasteiger partial charge >= 0.3 is 6.18 Å². The molecule has 5 aliphatic rings. The molecule has 0 aromatic heterocycles. The van der Waals surface area contributed by atoms with Crippen LogP contribution in [0.1, 0.15) is 156 Å². The second kappa shape index (κ2) is 30.8. The Balaban J connectivity index is 1.16. The molecule has 2 aromatic rings. The van der Waals surface area contributed by atoms with Crippen molar-refractivity contribution >= 4 is 17.3 Å². The topological polar surface area (TPSA) is 97.5 Å². The number of likely N-dealkylation sites (N-methyl/N-ethyl adjacent to an activating group) is 1. The van der Waals surface area contributed by atoms with Crippen molar-refractivity contribution in [3.8, 4) is 0 Å². The minimum absolute atomic E-state index is 0.0693. The van der Waals surface area contributed by atoms with E-state index in [2.05, 4.69) is 171 Å². The monoisotopic (exact) mass is 1140 g/mol. The van der Waals surface area contributed by atoms with Gasteiger partial charge in [0, 0.05) is 162 Å². The lowest BCUT2D eigenvalue weighted by Gasteiger charge is -2.55. The van der Waals surface area contributed by atoms with Gasteiger partial charge in [-0.15, -0.1) is 0 Å². The van der Waals surface area contributed by atoms with Gasteiger partial charge in [-0.05, 0) is 146 Å². The van der Waals surface area contributed by atoms with Gasteiger partial charge in [0.15, 0.2) is 0 Å². The summed E-state index contributed by atoms with van der Waals surface area (Å²) in [6.45, 7) is 27.9. The molecule has 2 aliphatic carbocycles. The first kappa shape index (κ1) is 64.7. The molecule has 1 spiro atoms. The first-order valence-corrected chi connectivity index (χ1v) is 31.8. The molecule has 3 heterocycles. The number of hydrogen-bond acceptors (Lipinski definition) is 11. The zero-order chi connectivity index (χ0) is 58.3. The lowest BCUT2D eigenvalue weighted by atomic mass is 9.80. The molecule has 2 saturated heterocycles. The Morgan fingerprint density at radius 3 is 2.21 bits per heavy atom. The second-order valence-electron chi connectivity index (χ2n) is 25.4. The summed E-state index contributed by atoms with van der Waals surface area (Å²) in [5.41, 5.74) is 5.44. The average molecular weight is 1150 g/mol. The van der Waals surface area contributed by atoms with Crippen LogP contribution in [0.2, 0.25) is 5.02 Å². The molecule has 6 N–H and O–H groups in total. The van der Waals surface area contributed by atoms with Crippen LogP contribution in [0.4, 0.5) is 13.2 Å². The summed E-state index contributed by atoms with van der Waals surface area (Å²) in [6.07, 6.45) is 21.1. The molecule has 2 saturated carbocycles. The fourth-order valence-electron chi connectivity index (χ4n) is 13.5. The van der Waals surface area contributed by atoms with E-state index in [1.807, 2.05) is 18.5 Å². The number of rotatable bonds is 8. The Bertz CT molecular complexity index is 2400. The SMILES string of the molecule is CC[C@H](C)[C@H]1CN[C@@H](C)C(C)NCC2[C@H](C)CN2[C@@H](C2CCCC2)C(C)NC2(CCCC2)CNCCNC=CC(CCc2ccc(C(F)(F)F)c(Cl)c2)=NC=C(C)N(C)C=C(Cc2ccccc2)N(C)C=C2CCCN2[C@@H](C)C(C)N1. The van der Waals surface area contributed by atoms with Crippen LogP contribution < -0.4 is 31.9 Å². The van der Waals surface area contributed by atoms with Crippen LogP contribution in [0.15, 0.2) is 101 Å². The van der Waals surface area contributed by atoms with Crippen molar-refractivity contribution in [3.05, 3.63) is 118 Å². The molecular formula is C66H105ClF3N11. The van der Waals surface area contributed by atoms with Crippen LogP contribution in [-0.4, -0.2) is 139 Å². The smallest absolute Gasteiger partial charge is 0.390 e. The highest BCUT2D eigenvalue weighted by Gasteiger charge is 2.47. The van der Waals surface area contributed by atoms with Gasteiger partial charge < -0.3 is 46.6 Å². The third kappa shape index (κ3) is 18.3. The highest BCUT2D eigenvalue weighted by atomic mass is 35.5. The van der Waals surface area contributed by atoms with Crippen molar-refractivity contribution in [2.75, 3.05) is 59.9 Å².